The summed E-state index contributed by atoms with van der Waals surface area (Å²) in [5.41, 5.74) is 1.85. The summed E-state index contributed by atoms with van der Waals surface area (Å²) < 4.78 is 0. The first-order chi connectivity index (χ1) is 12.1. The third-order valence-electron chi connectivity index (χ3n) is 4.80. The fourth-order valence-corrected chi connectivity index (χ4v) is 3.73. The Morgan fingerprint density at radius 2 is 0.960 bits per heavy atom. The van der Waals surface area contributed by atoms with E-state index in [9.17, 15) is 9.59 Å². The summed E-state index contributed by atoms with van der Waals surface area (Å²) in [6, 6.07) is 20.4. The van der Waals surface area contributed by atoms with E-state index in [0.29, 0.717) is 27.3 Å². The largest absolute Gasteiger partial charge is 0.289 e. The van der Waals surface area contributed by atoms with Crippen molar-refractivity contribution in [3.05, 3.63) is 94.0 Å². The molecule has 0 spiro atoms. The van der Waals surface area contributed by atoms with Crippen LogP contribution in [0.25, 0.3) is 21.5 Å². The van der Waals surface area contributed by atoms with Crippen LogP contribution in [0.15, 0.2) is 66.7 Å². The van der Waals surface area contributed by atoms with Crippen molar-refractivity contribution in [1.82, 2.24) is 0 Å². The lowest BCUT2D eigenvalue weighted by Crippen LogP contribution is -2.20. The number of hydrogen-bond donors (Lipinski definition) is 0. The van der Waals surface area contributed by atoms with Crippen LogP contribution in [0.1, 0.15) is 31.8 Å². The molecule has 0 heterocycles. The maximum absolute atomic E-state index is 13.0. The van der Waals surface area contributed by atoms with Gasteiger partial charge in [0.2, 0.25) is 0 Å². The lowest BCUT2D eigenvalue weighted by molar-refractivity contribution is 0.0979. The number of hydrogen-bond acceptors (Lipinski definition) is 2. The molecule has 5 rings (SSSR count). The zero-order valence-corrected chi connectivity index (χ0v) is 13.8. The molecule has 118 valence electrons. The molecule has 0 unspecified atom stereocenters. The van der Waals surface area contributed by atoms with Gasteiger partial charge < -0.3 is 0 Å². The zero-order chi connectivity index (χ0) is 17.1. The Morgan fingerprint density at radius 1 is 0.520 bits per heavy atom. The molecule has 0 saturated heterocycles. The van der Waals surface area contributed by atoms with Gasteiger partial charge in [0.05, 0.1) is 0 Å². The van der Waals surface area contributed by atoms with Crippen molar-refractivity contribution >= 4 is 44.7 Å². The van der Waals surface area contributed by atoms with Gasteiger partial charge in [0.1, 0.15) is 0 Å². The Hall–Kier alpha value is -2.97. The number of carbonyl (C=O) groups excluding carboxylic acids is 2. The molecule has 0 bridgehead atoms. The molecule has 4 aromatic rings. The number of fused-ring (bicyclic) bond motifs is 4. The minimum Gasteiger partial charge on any atom is -0.289 e. The monoisotopic (exact) mass is 342 g/mol. The zero-order valence-electron chi connectivity index (χ0n) is 13.0. The van der Waals surface area contributed by atoms with Gasteiger partial charge in [0, 0.05) is 27.3 Å². The van der Waals surface area contributed by atoms with Crippen LogP contribution in [0.3, 0.4) is 0 Å². The molecule has 2 nitrogen and oxygen atoms in total. The highest BCUT2D eigenvalue weighted by Gasteiger charge is 2.30. The standard InChI is InChI=1S/C22H11ClO2/c23-16-6-5-14-10-19-20(11-15(14)7-16)22(25)18-9-13-4-2-1-3-12(13)8-17(18)21(19)24/h1-11H. The van der Waals surface area contributed by atoms with Crippen molar-refractivity contribution in [2.24, 2.45) is 0 Å². The van der Waals surface area contributed by atoms with E-state index in [1.165, 1.54) is 0 Å². The van der Waals surface area contributed by atoms with E-state index < -0.39 is 0 Å². The summed E-state index contributed by atoms with van der Waals surface area (Å²) in [5.74, 6) is -0.218. The maximum Gasteiger partial charge on any atom is 0.194 e. The van der Waals surface area contributed by atoms with Crippen LogP contribution in [0, 0.1) is 0 Å². The quantitative estimate of drug-likeness (QED) is 0.376. The van der Waals surface area contributed by atoms with Gasteiger partial charge in [-0.3, -0.25) is 9.59 Å². The van der Waals surface area contributed by atoms with Crippen LogP contribution >= 0.6 is 11.6 Å². The molecule has 0 N–H and O–H groups in total. The van der Waals surface area contributed by atoms with Crippen LogP contribution in [0.4, 0.5) is 0 Å². The molecule has 1 aliphatic carbocycles. The average molecular weight is 343 g/mol. The molecule has 0 atom stereocenters. The van der Waals surface area contributed by atoms with Gasteiger partial charge in [-0.15, -0.1) is 0 Å². The summed E-state index contributed by atoms with van der Waals surface area (Å²) >= 11 is 6.06. The molecule has 0 aromatic heterocycles. The van der Waals surface area contributed by atoms with Gasteiger partial charge in [-0.2, -0.15) is 0 Å². The van der Waals surface area contributed by atoms with Crippen LogP contribution < -0.4 is 0 Å². The Labute approximate surface area is 148 Å². The minimum absolute atomic E-state index is 0.104. The number of carbonyl (C=O) groups is 2. The Bertz CT molecular complexity index is 1240. The molecule has 0 saturated carbocycles. The van der Waals surface area contributed by atoms with Gasteiger partial charge in [0.15, 0.2) is 11.6 Å². The van der Waals surface area contributed by atoms with Gasteiger partial charge in [-0.25, -0.2) is 0 Å². The first-order valence-electron chi connectivity index (χ1n) is 7.97. The molecule has 0 amide bonds. The topological polar surface area (TPSA) is 34.1 Å². The van der Waals surface area contributed by atoms with E-state index >= 15 is 0 Å². The fourth-order valence-electron chi connectivity index (χ4n) is 3.55. The first-order valence-corrected chi connectivity index (χ1v) is 8.35. The Kier molecular flexibility index (Phi) is 2.88. The van der Waals surface area contributed by atoms with E-state index in [-0.39, 0.29) is 11.6 Å². The van der Waals surface area contributed by atoms with Crippen LogP contribution in [-0.4, -0.2) is 11.6 Å². The van der Waals surface area contributed by atoms with E-state index in [1.807, 2.05) is 48.5 Å². The first kappa shape index (κ1) is 14.4. The normalized spacial score (nSPS) is 13.2. The smallest absolute Gasteiger partial charge is 0.194 e. The third kappa shape index (κ3) is 2.04. The number of ketones is 2. The van der Waals surface area contributed by atoms with Gasteiger partial charge in [-0.05, 0) is 57.9 Å². The van der Waals surface area contributed by atoms with Crippen molar-refractivity contribution < 1.29 is 9.59 Å². The second kappa shape index (κ2) is 5.01. The minimum atomic E-state index is -0.114. The maximum atomic E-state index is 13.0. The number of rotatable bonds is 0. The van der Waals surface area contributed by atoms with Crippen LogP contribution in [0.2, 0.25) is 5.02 Å². The molecule has 0 radical (unpaired) electrons. The molecule has 0 aliphatic heterocycles. The molecule has 25 heavy (non-hydrogen) atoms. The summed E-state index contributed by atoms with van der Waals surface area (Å²) in [6.07, 6.45) is 0. The SMILES string of the molecule is O=C1c2cc3ccccc3cc2C(=O)c2cc3cc(Cl)ccc3cc21. The highest BCUT2D eigenvalue weighted by atomic mass is 35.5. The van der Waals surface area contributed by atoms with E-state index in [2.05, 4.69) is 0 Å². The summed E-state index contributed by atoms with van der Waals surface area (Å²) in [6.45, 7) is 0. The van der Waals surface area contributed by atoms with E-state index in [4.69, 9.17) is 11.6 Å². The predicted octanol–water partition coefficient (Wildman–Crippen LogP) is 5.42. The lowest BCUT2D eigenvalue weighted by Gasteiger charge is -2.19. The van der Waals surface area contributed by atoms with Gasteiger partial charge in [-0.1, -0.05) is 41.9 Å². The molecule has 1 aliphatic rings. The molecular formula is C22H11ClO2. The fraction of sp³-hybridized carbons (Fsp3) is 0. The molecule has 4 aromatic carbocycles. The molecular weight excluding hydrogens is 332 g/mol. The highest BCUT2D eigenvalue weighted by Crippen LogP contribution is 2.33. The molecule has 0 fully saturated rings. The Balaban J connectivity index is 1.83. The molecule has 3 heteroatoms. The van der Waals surface area contributed by atoms with Crippen molar-refractivity contribution in [3.63, 3.8) is 0 Å². The number of benzene rings is 4. The summed E-state index contributed by atoms with van der Waals surface area (Å²) in [7, 11) is 0. The predicted molar refractivity (Wildman–Crippen MR) is 99.8 cm³/mol. The van der Waals surface area contributed by atoms with Crippen LogP contribution in [-0.2, 0) is 0 Å². The summed E-state index contributed by atoms with van der Waals surface area (Å²) in [4.78, 5) is 26.1. The third-order valence-corrected chi connectivity index (χ3v) is 5.04. The second-order valence-electron chi connectivity index (χ2n) is 6.29. The highest BCUT2D eigenvalue weighted by molar-refractivity contribution is 6.32. The van der Waals surface area contributed by atoms with Crippen molar-refractivity contribution in [2.45, 2.75) is 0 Å². The van der Waals surface area contributed by atoms with Gasteiger partial charge in [0.25, 0.3) is 0 Å². The van der Waals surface area contributed by atoms with E-state index in [1.54, 1.807) is 18.2 Å². The van der Waals surface area contributed by atoms with Crippen molar-refractivity contribution in [2.75, 3.05) is 0 Å². The average Bonchev–Trinajstić information content (AvgIpc) is 2.63. The lowest BCUT2D eigenvalue weighted by atomic mass is 9.81. The van der Waals surface area contributed by atoms with Crippen molar-refractivity contribution in [3.8, 4) is 0 Å². The van der Waals surface area contributed by atoms with Crippen molar-refractivity contribution in [1.29, 1.82) is 0 Å². The number of halogens is 1. The Morgan fingerprint density at radius 3 is 1.48 bits per heavy atom. The summed E-state index contributed by atoms with van der Waals surface area (Å²) in [5, 5.41) is 4.27. The van der Waals surface area contributed by atoms with Crippen LogP contribution in [0.5, 0.6) is 0 Å². The van der Waals surface area contributed by atoms with E-state index in [0.717, 1.165) is 21.5 Å². The second-order valence-corrected chi connectivity index (χ2v) is 6.73. The van der Waals surface area contributed by atoms with Gasteiger partial charge >= 0.3 is 0 Å².